The lowest BCUT2D eigenvalue weighted by Gasteiger charge is -2.11. The van der Waals surface area contributed by atoms with E-state index < -0.39 is 0 Å². The number of furan rings is 1. The highest BCUT2D eigenvalue weighted by Gasteiger charge is 2.18. The van der Waals surface area contributed by atoms with E-state index in [1.54, 1.807) is 12.3 Å². The molecule has 0 bridgehead atoms. The van der Waals surface area contributed by atoms with Crippen LogP contribution in [0, 0.1) is 13.8 Å². The molecular weight excluding hydrogens is 422 g/mol. The number of aryl methyl sites for hydroxylation is 2. The molecule has 32 heavy (non-hydrogen) atoms. The van der Waals surface area contributed by atoms with E-state index in [4.69, 9.17) is 8.83 Å². The van der Waals surface area contributed by atoms with Gasteiger partial charge < -0.3 is 8.83 Å². The Morgan fingerprint density at radius 1 is 0.969 bits per heavy atom. The van der Waals surface area contributed by atoms with Gasteiger partial charge in [0.2, 0.25) is 5.82 Å². The third-order valence-electron chi connectivity index (χ3n) is 5.44. The molecule has 0 saturated carbocycles. The molecule has 0 aliphatic rings. The number of thioether (sulfide) groups is 1. The van der Waals surface area contributed by atoms with Crippen molar-refractivity contribution in [2.24, 2.45) is 0 Å². The number of benzene rings is 2. The molecule has 7 heteroatoms. The smallest absolute Gasteiger partial charge is 0.336 e. The molecule has 5 aromatic rings. The first kappa shape index (κ1) is 20.3. The van der Waals surface area contributed by atoms with Crippen LogP contribution >= 0.6 is 11.8 Å². The van der Waals surface area contributed by atoms with Gasteiger partial charge in [-0.25, -0.2) is 4.79 Å². The fraction of sp³-hybridized carbons (Fsp3) is 0.160. The van der Waals surface area contributed by atoms with Crippen molar-refractivity contribution < 1.29 is 8.83 Å². The van der Waals surface area contributed by atoms with Gasteiger partial charge in [0.15, 0.2) is 10.9 Å². The van der Waals surface area contributed by atoms with Crippen LogP contribution in [-0.2, 0) is 12.3 Å². The summed E-state index contributed by atoms with van der Waals surface area (Å²) in [6.45, 7) is 4.68. The molecule has 3 heterocycles. The highest BCUT2D eigenvalue weighted by molar-refractivity contribution is 7.98. The highest BCUT2D eigenvalue weighted by Crippen LogP contribution is 2.30. The summed E-state index contributed by atoms with van der Waals surface area (Å²) >= 11 is 1.54. The number of hydrogen-bond donors (Lipinski definition) is 0. The van der Waals surface area contributed by atoms with Crippen molar-refractivity contribution in [3.8, 4) is 11.6 Å². The number of fused-ring (bicyclic) bond motifs is 1. The van der Waals surface area contributed by atoms with Crippen LogP contribution in [0.25, 0.3) is 22.6 Å². The fourth-order valence-corrected chi connectivity index (χ4v) is 4.57. The molecule has 0 aliphatic heterocycles. The Morgan fingerprint density at radius 2 is 1.78 bits per heavy atom. The van der Waals surface area contributed by atoms with Crippen molar-refractivity contribution in [3.63, 3.8) is 0 Å². The minimum atomic E-state index is -0.349. The van der Waals surface area contributed by atoms with Crippen LogP contribution in [-0.4, -0.2) is 14.8 Å². The highest BCUT2D eigenvalue weighted by atomic mass is 32.2. The van der Waals surface area contributed by atoms with E-state index in [0.29, 0.717) is 29.5 Å². The lowest BCUT2D eigenvalue weighted by atomic mass is 10.0. The summed E-state index contributed by atoms with van der Waals surface area (Å²) in [6.07, 6.45) is 1.63. The Balaban J connectivity index is 1.51. The molecule has 0 N–H and O–H groups in total. The van der Waals surface area contributed by atoms with E-state index in [9.17, 15) is 4.79 Å². The molecule has 0 saturated heterocycles. The second kappa shape index (κ2) is 8.51. The second-order valence-electron chi connectivity index (χ2n) is 7.67. The summed E-state index contributed by atoms with van der Waals surface area (Å²) in [5.41, 5.74) is 4.56. The maximum Gasteiger partial charge on any atom is 0.336 e. The molecule has 3 aromatic heterocycles. The van der Waals surface area contributed by atoms with Gasteiger partial charge in [0.1, 0.15) is 5.58 Å². The summed E-state index contributed by atoms with van der Waals surface area (Å²) in [4.78, 5) is 12.2. The average molecular weight is 444 g/mol. The van der Waals surface area contributed by atoms with E-state index >= 15 is 0 Å². The predicted octanol–water partition coefficient (Wildman–Crippen LogP) is 5.60. The normalized spacial score (nSPS) is 11.3. The Kier molecular flexibility index (Phi) is 5.41. The number of aromatic nitrogens is 3. The Hall–Kier alpha value is -3.58. The molecule has 0 amide bonds. The average Bonchev–Trinajstić information content (AvgIpc) is 3.44. The van der Waals surface area contributed by atoms with E-state index in [1.807, 2.05) is 47.9 Å². The third kappa shape index (κ3) is 3.99. The topological polar surface area (TPSA) is 74.1 Å². The minimum absolute atomic E-state index is 0.349. The number of hydrogen-bond acceptors (Lipinski definition) is 6. The zero-order valence-corrected chi connectivity index (χ0v) is 18.6. The molecule has 160 valence electrons. The van der Waals surface area contributed by atoms with Crippen LogP contribution in [0.5, 0.6) is 0 Å². The van der Waals surface area contributed by atoms with Gasteiger partial charge in [-0.1, -0.05) is 42.1 Å². The summed E-state index contributed by atoms with van der Waals surface area (Å²) in [7, 11) is 0. The first-order valence-electron chi connectivity index (χ1n) is 10.3. The molecule has 0 aliphatic carbocycles. The number of nitrogens with zero attached hydrogens (tertiary/aromatic N) is 3. The Morgan fingerprint density at radius 3 is 2.56 bits per heavy atom. The lowest BCUT2D eigenvalue weighted by Crippen LogP contribution is -2.04. The Labute approximate surface area is 188 Å². The van der Waals surface area contributed by atoms with Crippen molar-refractivity contribution in [2.75, 3.05) is 0 Å². The largest absolute Gasteiger partial charge is 0.461 e. The van der Waals surface area contributed by atoms with Gasteiger partial charge in [0, 0.05) is 17.2 Å². The number of rotatable bonds is 6. The first-order chi connectivity index (χ1) is 15.6. The van der Waals surface area contributed by atoms with Crippen LogP contribution in [0.3, 0.4) is 0 Å². The molecular formula is C25H21N3O3S. The van der Waals surface area contributed by atoms with Gasteiger partial charge in [-0.15, -0.1) is 10.2 Å². The molecule has 0 atom stereocenters. The van der Waals surface area contributed by atoms with Gasteiger partial charge in [-0.3, -0.25) is 4.57 Å². The van der Waals surface area contributed by atoms with Gasteiger partial charge in [0.25, 0.3) is 0 Å². The molecule has 0 radical (unpaired) electrons. The van der Waals surface area contributed by atoms with Crippen molar-refractivity contribution >= 4 is 22.7 Å². The molecule has 0 fully saturated rings. The van der Waals surface area contributed by atoms with Gasteiger partial charge in [-0.2, -0.15) is 0 Å². The first-order valence-corrected chi connectivity index (χ1v) is 11.2. The maximum absolute atomic E-state index is 12.2. The van der Waals surface area contributed by atoms with E-state index in [2.05, 4.69) is 35.3 Å². The minimum Gasteiger partial charge on any atom is -0.461 e. The van der Waals surface area contributed by atoms with Crippen molar-refractivity contribution in [1.82, 2.24) is 14.8 Å². The molecule has 5 rings (SSSR count). The summed E-state index contributed by atoms with van der Waals surface area (Å²) < 4.78 is 13.1. The van der Waals surface area contributed by atoms with Gasteiger partial charge >= 0.3 is 5.63 Å². The zero-order chi connectivity index (χ0) is 22.1. The monoisotopic (exact) mass is 443 g/mol. The summed E-state index contributed by atoms with van der Waals surface area (Å²) in [5.74, 6) is 1.90. The molecule has 0 spiro atoms. The van der Waals surface area contributed by atoms with E-state index in [-0.39, 0.29) is 5.63 Å². The standard InChI is InChI=1S/C25H21N3O3S/c1-16-11-20-19(13-23(29)31-22(20)12-17(16)2)15-32-25-27-26-24(21-9-6-10-30-21)28(25)14-18-7-4-3-5-8-18/h3-13H,14-15H2,1-2H3. The Bertz CT molecular complexity index is 1440. The molecule has 6 nitrogen and oxygen atoms in total. The zero-order valence-electron chi connectivity index (χ0n) is 17.7. The van der Waals surface area contributed by atoms with Crippen LogP contribution in [0.4, 0.5) is 0 Å². The van der Waals surface area contributed by atoms with Crippen LogP contribution < -0.4 is 5.63 Å². The van der Waals surface area contributed by atoms with Crippen LogP contribution in [0.15, 0.2) is 85.7 Å². The second-order valence-corrected chi connectivity index (χ2v) is 8.61. The fourth-order valence-electron chi connectivity index (χ4n) is 3.64. The molecule has 2 aromatic carbocycles. The van der Waals surface area contributed by atoms with E-state index in [1.165, 1.54) is 11.8 Å². The van der Waals surface area contributed by atoms with Gasteiger partial charge in [-0.05, 0) is 60.4 Å². The van der Waals surface area contributed by atoms with Crippen molar-refractivity contribution in [3.05, 3.63) is 99.6 Å². The summed E-state index contributed by atoms with van der Waals surface area (Å²) in [6, 6.07) is 19.4. The summed E-state index contributed by atoms with van der Waals surface area (Å²) in [5, 5.41) is 10.5. The van der Waals surface area contributed by atoms with Crippen LogP contribution in [0.1, 0.15) is 22.3 Å². The maximum atomic E-state index is 12.2. The quantitative estimate of drug-likeness (QED) is 0.251. The van der Waals surface area contributed by atoms with Crippen molar-refractivity contribution in [1.29, 1.82) is 0 Å². The van der Waals surface area contributed by atoms with Crippen molar-refractivity contribution in [2.45, 2.75) is 31.3 Å². The van der Waals surface area contributed by atoms with Gasteiger partial charge in [0.05, 0.1) is 12.8 Å². The van der Waals surface area contributed by atoms with E-state index in [0.717, 1.165) is 32.8 Å². The third-order valence-corrected chi connectivity index (χ3v) is 6.46. The predicted molar refractivity (Wildman–Crippen MR) is 125 cm³/mol. The lowest BCUT2D eigenvalue weighted by molar-refractivity contribution is 0.559. The van der Waals surface area contributed by atoms with Crippen LogP contribution in [0.2, 0.25) is 0 Å². The molecule has 0 unspecified atom stereocenters. The SMILES string of the molecule is Cc1cc2oc(=O)cc(CSc3nnc(-c4ccco4)n3Cc3ccccc3)c2cc1C.